The van der Waals surface area contributed by atoms with Crippen LogP contribution in [0.4, 0.5) is 0 Å². The minimum Gasteiger partial charge on any atom is -0.368 e. The summed E-state index contributed by atoms with van der Waals surface area (Å²) in [6.07, 6.45) is 6.06. The van der Waals surface area contributed by atoms with Crippen LogP contribution in [0.5, 0.6) is 0 Å². The predicted molar refractivity (Wildman–Crippen MR) is 58.6 cm³/mol. The number of hydrogen-bond donors (Lipinski definition) is 0. The van der Waals surface area contributed by atoms with Crippen molar-refractivity contribution in [2.75, 3.05) is 0 Å². The molecule has 0 spiro atoms. The molecule has 0 unspecified atom stereocenters. The molecule has 2 heterocycles. The third kappa shape index (κ3) is 1.65. The van der Waals surface area contributed by atoms with Gasteiger partial charge in [-0.1, -0.05) is 6.07 Å². The van der Waals surface area contributed by atoms with Gasteiger partial charge >= 0.3 is 0 Å². The Morgan fingerprint density at radius 1 is 1.36 bits per heavy atom. The third-order valence-corrected chi connectivity index (χ3v) is 2.54. The van der Waals surface area contributed by atoms with Crippen LogP contribution < -0.4 is 0 Å². The van der Waals surface area contributed by atoms with E-state index in [-0.39, 0.29) is 5.54 Å². The molecule has 1 aromatic heterocycles. The molecule has 1 aliphatic heterocycles. The number of pyridine rings is 1. The van der Waals surface area contributed by atoms with Crippen LogP contribution in [0.3, 0.4) is 0 Å². The first-order chi connectivity index (χ1) is 6.57. The zero-order valence-electron chi connectivity index (χ0n) is 8.99. The van der Waals surface area contributed by atoms with Crippen LogP contribution in [0.2, 0.25) is 0 Å². The molecule has 0 amide bonds. The number of hydrogen-bond acceptors (Lipinski definition) is 2. The fourth-order valence-corrected chi connectivity index (χ4v) is 1.59. The topological polar surface area (TPSA) is 16.1 Å². The molecule has 2 nitrogen and oxygen atoms in total. The highest BCUT2D eigenvalue weighted by atomic mass is 15.2. The molecular formula is C12H16N2. The minimum absolute atomic E-state index is 0.185. The van der Waals surface area contributed by atoms with E-state index < -0.39 is 0 Å². The second-order valence-corrected chi connectivity index (χ2v) is 4.66. The van der Waals surface area contributed by atoms with Gasteiger partial charge < -0.3 is 4.90 Å². The Balaban J connectivity index is 2.30. The van der Waals surface area contributed by atoms with Crippen molar-refractivity contribution in [3.05, 3.63) is 35.8 Å². The van der Waals surface area contributed by atoms with Crippen molar-refractivity contribution in [1.29, 1.82) is 0 Å². The molecule has 0 N–H and O–H groups in total. The van der Waals surface area contributed by atoms with Gasteiger partial charge in [0.15, 0.2) is 0 Å². The third-order valence-electron chi connectivity index (χ3n) is 2.54. The van der Waals surface area contributed by atoms with Crippen LogP contribution in [0.25, 0.3) is 6.08 Å². The molecule has 74 valence electrons. The quantitative estimate of drug-likeness (QED) is 0.622. The molecule has 14 heavy (non-hydrogen) atoms. The Bertz CT molecular complexity index is 361. The maximum Gasteiger partial charge on any atom is 0.0693 e. The molecule has 0 radical (unpaired) electrons. The van der Waals surface area contributed by atoms with E-state index in [2.05, 4.69) is 49.0 Å². The lowest BCUT2D eigenvalue weighted by molar-refractivity contribution is 0.196. The van der Waals surface area contributed by atoms with E-state index in [0.29, 0.717) is 0 Å². The van der Waals surface area contributed by atoms with Crippen LogP contribution in [0.1, 0.15) is 32.0 Å². The minimum atomic E-state index is 0.185. The number of rotatable bonds is 0. The lowest BCUT2D eigenvalue weighted by Gasteiger charge is -2.36. The lowest BCUT2D eigenvalue weighted by Crippen LogP contribution is -2.37. The maximum atomic E-state index is 4.32. The van der Waals surface area contributed by atoms with Crippen LogP contribution in [-0.2, 0) is 6.54 Å². The highest BCUT2D eigenvalue weighted by molar-refractivity contribution is 5.51. The average Bonchev–Trinajstić information content (AvgIpc) is 2.16. The van der Waals surface area contributed by atoms with Gasteiger partial charge in [0.05, 0.1) is 5.69 Å². The lowest BCUT2D eigenvalue weighted by atomic mass is 10.0. The van der Waals surface area contributed by atoms with E-state index in [1.807, 2.05) is 12.3 Å². The molecule has 2 heteroatoms. The summed E-state index contributed by atoms with van der Waals surface area (Å²) in [5.74, 6) is 0. The van der Waals surface area contributed by atoms with E-state index in [1.165, 1.54) is 5.56 Å². The number of fused-ring (bicyclic) bond motifs is 1. The van der Waals surface area contributed by atoms with Gasteiger partial charge in [0.2, 0.25) is 0 Å². The van der Waals surface area contributed by atoms with Gasteiger partial charge in [0, 0.05) is 24.5 Å². The van der Waals surface area contributed by atoms with E-state index in [9.17, 15) is 0 Å². The molecular weight excluding hydrogens is 172 g/mol. The van der Waals surface area contributed by atoms with E-state index >= 15 is 0 Å². The number of aromatic nitrogens is 1. The molecule has 0 fully saturated rings. The molecule has 0 aliphatic carbocycles. The van der Waals surface area contributed by atoms with Gasteiger partial charge in [-0.25, -0.2) is 0 Å². The summed E-state index contributed by atoms with van der Waals surface area (Å²) in [6.45, 7) is 7.62. The molecule has 0 atom stereocenters. The summed E-state index contributed by atoms with van der Waals surface area (Å²) in [6, 6.07) is 4.14. The Hall–Kier alpha value is -1.31. The number of nitrogens with zero attached hydrogens (tertiary/aromatic N) is 2. The first-order valence-electron chi connectivity index (χ1n) is 4.96. The van der Waals surface area contributed by atoms with Crippen LogP contribution >= 0.6 is 0 Å². The second kappa shape index (κ2) is 3.12. The van der Waals surface area contributed by atoms with Gasteiger partial charge in [-0.15, -0.1) is 0 Å². The zero-order valence-corrected chi connectivity index (χ0v) is 8.99. The fourth-order valence-electron chi connectivity index (χ4n) is 1.59. The van der Waals surface area contributed by atoms with Crippen molar-refractivity contribution in [3.63, 3.8) is 0 Å². The Labute approximate surface area is 85.3 Å². The van der Waals surface area contributed by atoms with Gasteiger partial charge in [0.1, 0.15) is 0 Å². The molecule has 0 aromatic carbocycles. The summed E-state index contributed by atoms with van der Waals surface area (Å²) in [7, 11) is 0. The largest absolute Gasteiger partial charge is 0.368 e. The van der Waals surface area contributed by atoms with Crippen molar-refractivity contribution < 1.29 is 0 Å². The molecule has 0 bridgehead atoms. The summed E-state index contributed by atoms with van der Waals surface area (Å²) >= 11 is 0. The summed E-state index contributed by atoms with van der Waals surface area (Å²) < 4.78 is 0. The Morgan fingerprint density at radius 2 is 2.14 bits per heavy atom. The molecule has 1 aromatic rings. The molecule has 2 rings (SSSR count). The van der Waals surface area contributed by atoms with Crippen LogP contribution in [-0.4, -0.2) is 15.4 Å². The van der Waals surface area contributed by atoms with Crippen molar-refractivity contribution >= 4 is 6.08 Å². The normalized spacial score (nSPS) is 15.5. The molecule has 0 saturated carbocycles. The highest BCUT2D eigenvalue weighted by Crippen LogP contribution is 2.23. The smallest absolute Gasteiger partial charge is 0.0693 e. The average molecular weight is 188 g/mol. The first kappa shape index (κ1) is 9.25. The van der Waals surface area contributed by atoms with Crippen LogP contribution in [0.15, 0.2) is 24.5 Å². The summed E-state index contributed by atoms with van der Waals surface area (Å²) in [4.78, 5) is 6.65. The second-order valence-electron chi connectivity index (χ2n) is 4.66. The summed E-state index contributed by atoms with van der Waals surface area (Å²) in [5, 5.41) is 0. The van der Waals surface area contributed by atoms with Crippen LogP contribution in [0, 0.1) is 0 Å². The Morgan fingerprint density at radius 3 is 2.86 bits per heavy atom. The monoisotopic (exact) mass is 188 g/mol. The van der Waals surface area contributed by atoms with Gasteiger partial charge in [0.25, 0.3) is 0 Å². The van der Waals surface area contributed by atoms with Gasteiger partial charge in [-0.05, 0) is 38.5 Å². The fraction of sp³-hybridized carbons (Fsp3) is 0.417. The van der Waals surface area contributed by atoms with E-state index in [4.69, 9.17) is 0 Å². The van der Waals surface area contributed by atoms with Gasteiger partial charge in [-0.3, -0.25) is 4.98 Å². The van der Waals surface area contributed by atoms with Crippen molar-refractivity contribution in [2.45, 2.75) is 32.9 Å². The van der Waals surface area contributed by atoms with Crippen molar-refractivity contribution in [2.24, 2.45) is 0 Å². The maximum absolute atomic E-state index is 4.32. The predicted octanol–water partition coefficient (Wildman–Crippen LogP) is 2.67. The van der Waals surface area contributed by atoms with Gasteiger partial charge in [-0.2, -0.15) is 0 Å². The SMILES string of the molecule is CC(C)(C)N1C=Cc2ncccc2C1. The molecule has 1 aliphatic rings. The van der Waals surface area contributed by atoms with E-state index in [0.717, 1.165) is 12.2 Å². The van der Waals surface area contributed by atoms with Crippen molar-refractivity contribution in [1.82, 2.24) is 9.88 Å². The zero-order chi connectivity index (χ0) is 10.2. The standard InChI is InChI=1S/C12H16N2/c1-12(2,3)14-8-6-11-10(9-14)5-4-7-13-11/h4-8H,9H2,1-3H3. The first-order valence-corrected chi connectivity index (χ1v) is 4.96. The highest BCUT2D eigenvalue weighted by Gasteiger charge is 2.21. The summed E-state index contributed by atoms with van der Waals surface area (Å²) in [5.41, 5.74) is 2.60. The van der Waals surface area contributed by atoms with Crippen molar-refractivity contribution in [3.8, 4) is 0 Å². The Kier molecular flexibility index (Phi) is 2.06. The van der Waals surface area contributed by atoms with E-state index in [1.54, 1.807) is 0 Å². The molecule has 0 saturated heterocycles.